The lowest BCUT2D eigenvalue weighted by Gasteiger charge is -2.29. The molecular formula is C10H12FNO2S. The molecule has 0 aromatic heterocycles. The number of sulfonamides is 1. The van der Waals surface area contributed by atoms with E-state index >= 15 is 0 Å². The van der Waals surface area contributed by atoms with Gasteiger partial charge in [0.1, 0.15) is 5.82 Å². The Labute approximate surface area is 88.6 Å². The SMILES string of the molecule is Cc1cc(S(=O)(=O)N2CCC2)ccc1F. The van der Waals surface area contributed by atoms with Crippen molar-refractivity contribution in [3.05, 3.63) is 29.6 Å². The van der Waals surface area contributed by atoms with Gasteiger partial charge in [0.25, 0.3) is 0 Å². The van der Waals surface area contributed by atoms with Crippen LogP contribution in [-0.2, 0) is 10.0 Å². The van der Waals surface area contributed by atoms with E-state index in [1.807, 2.05) is 0 Å². The molecule has 1 aliphatic heterocycles. The molecule has 0 bridgehead atoms. The van der Waals surface area contributed by atoms with Crippen LogP contribution in [0.25, 0.3) is 0 Å². The molecule has 1 saturated heterocycles. The number of benzene rings is 1. The number of hydrogen-bond donors (Lipinski definition) is 0. The van der Waals surface area contributed by atoms with E-state index in [1.54, 1.807) is 6.92 Å². The molecule has 5 heteroatoms. The summed E-state index contributed by atoms with van der Waals surface area (Å²) >= 11 is 0. The maximum atomic E-state index is 13.0. The third-order valence-corrected chi connectivity index (χ3v) is 4.48. The Morgan fingerprint density at radius 3 is 2.47 bits per heavy atom. The predicted octanol–water partition coefficient (Wildman–Crippen LogP) is 1.53. The lowest BCUT2D eigenvalue weighted by molar-refractivity contribution is 0.309. The number of nitrogens with zero attached hydrogens (tertiary/aromatic N) is 1. The zero-order valence-electron chi connectivity index (χ0n) is 8.40. The van der Waals surface area contributed by atoms with Crippen molar-refractivity contribution in [2.45, 2.75) is 18.2 Å². The number of aryl methyl sites for hydroxylation is 1. The lowest BCUT2D eigenvalue weighted by atomic mass is 10.2. The van der Waals surface area contributed by atoms with E-state index in [0.29, 0.717) is 18.7 Å². The third-order valence-electron chi connectivity index (χ3n) is 2.58. The van der Waals surface area contributed by atoms with Gasteiger partial charge in [-0.05, 0) is 37.1 Å². The Balaban J connectivity index is 2.40. The standard InChI is InChI=1S/C10H12FNO2S/c1-8-7-9(3-4-10(8)11)15(13,14)12-5-2-6-12/h3-4,7H,2,5-6H2,1H3. The van der Waals surface area contributed by atoms with Crippen molar-refractivity contribution < 1.29 is 12.8 Å². The Morgan fingerprint density at radius 1 is 1.33 bits per heavy atom. The summed E-state index contributed by atoms with van der Waals surface area (Å²) in [5.74, 6) is -0.377. The van der Waals surface area contributed by atoms with Crippen molar-refractivity contribution in [3.8, 4) is 0 Å². The molecule has 82 valence electrons. The summed E-state index contributed by atoms with van der Waals surface area (Å²) in [4.78, 5) is 0.182. The van der Waals surface area contributed by atoms with Crippen molar-refractivity contribution in [2.24, 2.45) is 0 Å². The number of rotatable bonds is 2. The summed E-state index contributed by atoms with van der Waals surface area (Å²) in [5, 5.41) is 0. The van der Waals surface area contributed by atoms with Crippen LogP contribution in [0.15, 0.2) is 23.1 Å². The van der Waals surface area contributed by atoms with Crippen LogP contribution in [0.3, 0.4) is 0 Å². The van der Waals surface area contributed by atoms with Crippen LogP contribution in [0.2, 0.25) is 0 Å². The maximum absolute atomic E-state index is 13.0. The highest BCUT2D eigenvalue weighted by atomic mass is 32.2. The van der Waals surface area contributed by atoms with Crippen LogP contribution in [0, 0.1) is 12.7 Å². The Kier molecular flexibility index (Phi) is 2.52. The molecule has 3 nitrogen and oxygen atoms in total. The Bertz CT molecular complexity index is 480. The van der Waals surface area contributed by atoms with Crippen LogP contribution in [0.4, 0.5) is 4.39 Å². The van der Waals surface area contributed by atoms with Gasteiger partial charge in [-0.1, -0.05) is 0 Å². The fraction of sp³-hybridized carbons (Fsp3) is 0.400. The summed E-state index contributed by atoms with van der Waals surface area (Å²) < 4.78 is 38.1. The lowest BCUT2D eigenvalue weighted by Crippen LogP contribution is -2.41. The van der Waals surface area contributed by atoms with Crippen molar-refractivity contribution in [3.63, 3.8) is 0 Å². The second-order valence-corrected chi connectivity index (χ2v) is 5.61. The normalized spacial score (nSPS) is 17.5. The molecule has 0 aliphatic carbocycles. The van der Waals surface area contributed by atoms with Gasteiger partial charge in [-0.2, -0.15) is 4.31 Å². The van der Waals surface area contributed by atoms with Crippen LogP contribution in [0.1, 0.15) is 12.0 Å². The predicted molar refractivity (Wildman–Crippen MR) is 54.5 cm³/mol. The first-order valence-electron chi connectivity index (χ1n) is 4.78. The molecule has 0 spiro atoms. The molecule has 0 N–H and O–H groups in total. The van der Waals surface area contributed by atoms with Gasteiger partial charge in [-0.25, -0.2) is 12.8 Å². The van der Waals surface area contributed by atoms with Crippen molar-refractivity contribution in [2.75, 3.05) is 13.1 Å². The highest BCUT2D eigenvalue weighted by Crippen LogP contribution is 2.22. The van der Waals surface area contributed by atoms with Crippen molar-refractivity contribution in [1.29, 1.82) is 0 Å². The van der Waals surface area contributed by atoms with Crippen LogP contribution >= 0.6 is 0 Å². The first-order chi connectivity index (χ1) is 7.01. The van der Waals surface area contributed by atoms with Gasteiger partial charge in [0.2, 0.25) is 10.0 Å². The Morgan fingerprint density at radius 2 is 2.00 bits per heavy atom. The molecule has 0 atom stereocenters. The van der Waals surface area contributed by atoms with Crippen LogP contribution in [0.5, 0.6) is 0 Å². The smallest absolute Gasteiger partial charge is 0.207 e. The van der Waals surface area contributed by atoms with Crippen molar-refractivity contribution in [1.82, 2.24) is 4.31 Å². The minimum atomic E-state index is -3.37. The summed E-state index contributed by atoms with van der Waals surface area (Å²) in [6.07, 6.45) is 0.902. The summed E-state index contributed by atoms with van der Waals surface area (Å²) in [7, 11) is -3.37. The second kappa shape index (κ2) is 3.57. The molecule has 1 aromatic carbocycles. The first kappa shape index (κ1) is 10.6. The van der Waals surface area contributed by atoms with Gasteiger partial charge in [0.15, 0.2) is 0 Å². The minimum Gasteiger partial charge on any atom is -0.207 e. The van der Waals surface area contributed by atoms with Gasteiger partial charge in [-0.15, -0.1) is 0 Å². The fourth-order valence-electron chi connectivity index (χ4n) is 1.45. The molecule has 0 radical (unpaired) electrons. The Hall–Kier alpha value is -0.940. The molecule has 0 saturated carbocycles. The highest BCUT2D eigenvalue weighted by molar-refractivity contribution is 7.89. The van der Waals surface area contributed by atoms with Gasteiger partial charge in [0.05, 0.1) is 4.90 Å². The largest absolute Gasteiger partial charge is 0.243 e. The average molecular weight is 229 g/mol. The van der Waals surface area contributed by atoms with Gasteiger partial charge in [0, 0.05) is 13.1 Å². The molecule has 1 heterocycles. The van der Waals surface area contributed by atoms with E-state index in [-0.39, 0.29) is 10.7 Å². The van der Waals surface area contributed by atoms with E-state index in [2.05, 4.69) is 0 Å². The van der Waals surface area contributed by atoms with E-state index in [9.17, 15) is 12.8 Å². The van der Waals surface area contributed by atoms with Gasteiger partial charge < -0.3 is 0 Å². The van der Waals surface area contributed by atoms with Gasteiger partial charge in [-0.3, -0.25) is 0 Å². The van der Waals surface area contributed by atoms with Crippen LogP contribution in [-0.4, -0.2) is 25.8 Å². The second-order valence-electron chi connectivity index (χ2n) is 3.67. The number of hydrogen-bond acceptors (Lipinski definition) is 2. The van der Waals surface area contributed by atoms with E-state index in [1.165, 1.54) is 22.5 Å². The molecule has 0 unspecified atom stereocenters. The third kappa shape index (κ3) is 1.77. The topological polar surface area (TPSA) is 37.4 Å². The quantitative estimate of drug-likeness (QED) is 0.771. The van der Waals surface area contributed by atoms with Gasteiger partial charge >= 0.3 is 0 Å². The molecule has 0 amide bonds. The number of halogens is 1. The van der Waals surface area contributed by atoms with Crippen molar-refractivity contribution >= 4 is 10.0 Å². The molecule has 1 aliphatic rings. The molecule has 15 heavy (non-hydrogen) atoms. The zero-order chi connectivity index (χ0) is 11.1. The maximum Gasteiger partial charge on any atom is 0.243 e. The van der Waals surface area contributed by atoms with Crippen LogP contribution < -0.4 is 0 Å². The summed E-state index contributed by atoms with van der Waals surface area (Å²) in [6.45, 7) is 2.70. The monoisotopic (exact) mass is 229 g/mol. The first-order valence-corrected chi connectivity index (χ1v) is 6.22. The molecule has 2 rings (SSSR count). The highest BCUT2D eigenvalue weighted by Gasteiger charge is 2.29. The average Bonchev–Trinajstić information content (AvgIpc) is 2.05. The molecule has 1 aromatic rings. The molecule has 1 fully saturated rings. The summed E-state index contributed by atoms with van der Waals surface area (Å²) in [5.41, 5.74) is 0.358. The molecular weight excluding hydrogens is 217 g/mol. The fourth-order valence-corrected chi connectivity index (χ4v) is 3.06. The van der Waals surface area contributed by atoms with E-state index in [4.69, 9.17) is 0 Å². The summed E-state index contributed by atoms with van der Waals surface area (Å²) in [6, 6.07) is 3.89. The minimum absolute atomic E-state index is 0.182. The van der Waals surface area contributed by atoms with E-state index < -0.39 is 10.0 Å². The zero-order valence-corrected chi connectivity index (χ0v) is 9.22. The van der Waals surface area contributed by atoms with E-state index in [0.717, 1.165) is 6.42 Å².